The molecule has 5 heteroatoms. The molecule has 0 spiro atoms. The molecule has 1 saturated heterocycles. The third kappa shape index (κ3) is 3.64. The third-order valence-electron chi connectivity index (χ3n) is 4.61. The molecule has 0 unspecified atom stereocenters. The molecule has 114 valence electrons. The molecular weight excluding hydrogens is 254 g/mol. The van der Waals surface area contributed by atoms with Crippen molar-refractivity contribution in [2.75, 3.05) is 6.61 Å². The van der Waals surface area contributed by atoms with Crippen molar-refractivity contribution in [1.82, 2.24) is 4.90 Å². The van der Waals surface area contributed by atoms with Gasteiger partial charge in [-0.15, -0.1) is 0 Å². The third-order valence-corrected chi connectivity index (χ3v) is 4.61. The molecule has 2 fully saturated rings. The fourth-order valence-electron chi connectivity index (χ4n) is 3.45. The van der Waals surface area contributed by atoms with Crippen LogP contribution in [-0.4, -0.2) is 35.3 Å². The fraction of sp³-hybridized carbons (Fsp3) is 0.867. The van der Waals surface area contributed by atoms with E-state index in [9.17, 15) is 4.79 Å². The molecule has 0 radical (unpaired) electrons. The van der Waals surface area contributed by atoms with Crippen molar-refractivity contribution in [2.45, 2.75) is 70.9 Å². The van der Waals surface area contributed by atoms with Crippen LogP contribution in [0.25, 0.3) is 0 Å². The zero-order valence-corrected chi connectivity index (χ0v) is 12.7. The van der Waals surface area contributed by atoms with E-state index in [1.54, 1.807) is 0 Å². The fourth-order valence-corrected chi connectivity index (χ4v) is 3.45. The van der Waals surface area contributed by atoms with Gasteiger partial charge in [0.1, 0.15) is 5.84 Å². The summed E-state index contributed by atoms with van der Waals surface area (Å²) in [7, 11) is 0. The Balaban J connectivity index is 1.80. The monoisotopic (exact) mass is 281 g/mol. The van der Waals surface area contributed by atoms with E-state index >= 15 is 0 Å². The lowest BCUT2D eigenvalue weighted by atomic mass is 9.97. The normalized spacial score (nSPS) is 28.7. The largest absolute Gasteiger partial charge is 0.384 e. The van der Waals surface area contributed by atoms with Crippen molar-refractivity contribution in [3.05, 3.63) is 0 Å². The topological polar surface area (TPSA) is 67.9 Å². The number of hydrogen-bond donors (Lipinski definition) is 1. The van der Waals surface area contributed by atoms with E-state index < -0.39 is 0 Å². The van der Waals surface area contributed by atoms with Gasteiger partial charge in [-0.2, -0.15) is 0 Å². The van der Waals surface area contributed by atoms with Crippen LogP contribution in [0.2, 0.25) is 0 Å². The maximum absolute atomic E-state index is 12.2. The minimum absolute atomic E-state index is 0.00208. The molecule has 1 aliphatic carbocycles. The number of carbonyl (C=O) groups is 1. The predicted octanol–water partition coefficient (Wildman–Crippen LogP) is 2.25. The molecule has 20 heavy (non-hydrogen) atoms. The molecular formula is C15H27N3O2. The Bertz CT molecular complexity index is 354. The Morgan fingerprint density at radius 2 is 1.75 bits per heavy atom. The summed E-state index contributed by atoms with van der Waals surface area (Å²) in [5.41, 5.74) is 5.90. The lowest BCUT2D eigenvalue weighted by molar-refractivity contribution is -0.142. The molecule has 2 aliphatic rings. The summed E-state index contributed by atoms with van der Waals surface area (Å²) in [6.07, 6.45) is 7.94. The molecule has 1 heterocycles. The quantitative estimate of drug-likeness (QED) is 0.488. The van der Waals surface area contributed by atoms with Gasteiger partial charge in [-0.3, -0.25) is 4.79 Å². The van der Waals surface area contributed by atoms with Crippen LogP contribution in [-0.2, 0) is 9.63 Å². The Hall–Kier alpha value is -1.26. The highest BCUT2D eigenvalue weighted by Crippen LogP contribution is 2.25. The van der Waals surface area contributed by atoms with Crippen molar-refractivity contribution in [3.63, 3.8) is 0 Å². The predicted molar refractivity (Wildman–Crippen MR) is 79.2 cm³/mol. The van der Waals surface area contributed by atoms with Gasteiger partial charge in [-0.1, -0.05) is 18.0 Å². The minimum atomic E-state index is 0.00208. The summed E-state index contributed by atoms with van der Waals surface area (Å²) < 4.78 is 0. The molecule has 2 N–H and O–H groups in total. The van der Waals surface area contributed by atoms with Crippen molar-refractivity contribution >= 4 is 11.7 Å². The van der Waals surface area contributed by atoms with Crippen LogP contribution in [0.4, 0.5) is 0 Å². The van der Waals surface area contributed by atoms with Gasteiger partial charge >= 0.3 is 0 Å². The first kappa shape index (κ1) is 15.1. The molecule has 2 rings (SSSR count). The van der Waals surface area contributed by atoms with Gasteiger partial charge in [-0.05, 0) is 46.0 Å². The van der Waals surface area contributed by atoms with Crippen LogP contribution in [0, 0.1) is 5.92 Å². The second-order valence-electron chi connectivity index (χ2n) is 6.20. The van der Waals surface area contributed by atoms with Crippen LogP contribution < -0.4 is 5.73 Å². The van der Waals surface area contributed by atoms with Crippen LogP contribution in [0.1, 0.15) is 58.8 Å². The highest BCUT2D eigenvalue weighted by atomic mass is 16.6. The van der Waals surface area contributed by atoms with E-state index in [0.29, 0.717) is 23.8 Å². The smallest absolute Gasteiger partial charge is 0.263 e. The van der Waals surface area contributed by atoms with Crippen LogP contribution in [0.15, 0.2) is 5.16 Å². The van der Waals surface area contributed by atoms with E-state index in [2.05, 4.69) is 19.0 Å². The highest BCUT2D eigenvalue weighted by molar-refractivity contribution is 5.83. The van der Waals surface area contributed by atoms with Gasteiger partial charge in [-0.25, -0.2) is 0 Å². The van der Waals surface area contributed by atoms with Gasteiger partial charge in [0.2, 0.25) is 0 Å². The summed E-state index contributed by atoms with van der Waals surface area (Å²) in [6, 6.07) is 0.594. The van der Waals surface area contributed by atoms with Gasteiger partial charge in [0.15, 0.2) is 6.61 Å². The van der Waals surface area contributed by atoms with E-state index in [4.69, 9.17) is 10.6 Å². The molecule has 0 aromatic rings. The second-order valence-corrected chi connectivity index (χ2v) is 6.20. The molecule has 0 aromatic heterocycles. The summed E-state index contributed by atoms with van der Waals surface area (Å²) in [5.74, 6) is 0.917. The maximum atomic E-state index is 12.2. The lowest BCUT2D eigenvalue weighted by Gasteiger charge is -2.38. The Morgan fingerprint density at radius 3 is 2.35 bits per heavy atom. The number of likely N-dealkylation sites (tertiary alicyclic amines) is 1. The van der Waals surface area contributed by atoms with Crippen molar-refractivity contribution in [3.8, 4) is 0 Å². The Kier molecular flexibility index (Phi) is 5.26. The zero-order chi connectivity index (χ0) is 14.5. The van der Waals surface area contributed by atoms with Gasteiger partial charge in [0.05, 0.1) is 0 Å². The van der Waals surface area contributed by atoms with E-state index in [-0.39, 0.29) is 12.5 Å². The minimum Gasteiger partial charge on any atom is -0.384 e. The van der Waals surface area contributed by atoms with Crippen LogP contribution in [0.5, 0.6) is 0 Å². The van der Waals surface area contributed by atoms with E-state index in [0.717, 1.165) is 25.7 Å². The maximum Gasteiger partial charge on any atom is 0.263 e. The number of nitrogens with zero attached hydrogens (tertiary/aromatic N) is 2. The number of oxime groups is 1. The standard InChI is InChI=1S/C15H27N3O2/c1-11-6-5-7-12(2)18(11)14(19)10-20-17-15(16)13-8-3-4-9-13/h11-13H,3-10H2,1-2H3,(H2,16,17)/t11-,12+. The highest BCUT2D eigenvalue weighted by Gasteiger charge is 2.29. The van der Waals surface area contributed by atoms with Gasteiger partial charge in [0, 0.05) is 18.0 Å². The summed E-state index contributed by atoms with van der Waals surface area (Å²) in [6.45, 7) is 4.20. The summed E-state index contributed by atoms with van der Waals surface area (Å²) >= 11 is 0. The number of hydrogen-bond acceptors (Lipinski definition) is 3. The first-order chi connectivity index (χ1) is 9.59. The molecule has 2 atom stereocenters. The molecule has 0 aromatic carbocycles. The van der Waals surface area contributed by atoms with Gasteiger partial charge < -0.3 is 15.5 Å². The van der Waals surface area contributed by atoms with Crippen LogP contribution in [0.3, 0.4) is 0 Å². The SMILES string of the molecule is C[C@@H]1CCC[C@H](C)N1C(=O)CO/N=C(/N)C1CCCC1. The second kappa shape index (κ2) is 6.95. The summed E-state index contributed by atoms with van der Waals surface area (Å²) in [5, 5.41) is 3.94. The molecule has 1 amide bonds. The van der Waals surface area contributed by atoms with Crippen molar-refractivity contribution in [1.29, 1.82) is 0 Å². The summed E-state index contributed by atoms with van der Waals surface area (Å²) in [4.78, 5) is 19.3. The number of rotatable bonds is 4. The number of amides is 1. The number of piperidine rings is 1. The van der Waals surface area contributed by atoms with Crippen molar-refractivity contribution in [2.24, 2.45) is 16.8 Å². The average Bonchev–Trinajstić information content (AvgIpc) is 2.92. The Morgan fingerprint density at radius 1 is 1.15 bits per heavy atom. The molecule has 1 saturated carbocycles. The van der Waals surface area contributed by atoms with Gasteiger partial charge in [0.25, 0.3) is 5.91 Å². The van der Waals surface area contributed by atoms with E-state index in [1.807, 2.05) is 4.90 Å². The number of carbonyl (C=O) groups excluding carboxylic acids is 1. The number of amidine groups is 1. The Labute approximate surface area is 121 Å². The number of nitrogens with two attached hydrogens (primary N) is 1. The first-order valence-electron chi connectivity index (χ1n) is 7.86. The first-order valence-corrected chi connectivity index (χ1v) is 7.86. The molecule has 5 nitrogen and oxygen atoms in total. The lowest BCUT2D eigenvalue weighted by Crippen LogP contribution is -2.48. The average molecular weight is 281 g/mol. The molecule has 1 aliphatic heterocycles. The van der Waals surface area contributed by atoms with Crippen LogP contribution >= 0.6 is 0 Å². The van der Waals surface area contributed by atoms with E-state index in [1.165, 1.54) is 19.3 Å². The van der Waals surface area contributed by atoms with Crippen molar-refractivity contribution < 1.29 is 9.63 Å². The zero-order valence-electron chi connectivity index (χ0n) is 12.7. The molecule has 0 bridgehead atoms.